The van der Waals surface area contributed by atoms with Crippen molar-refractivity contribution in [3.05, 3.63) is 0 Å². The third-order valence-corrected chi connectivity index (χ3v) is 4.20. The van der Waals surface area contributed by atoms with E-state index in [0.717, 1.165) is 32.5 Å². The number of halogens is 2. The van der Waals surface area contributed by atoms with Crippen molar-refractivity contribution in [3.8, 4) is 0 Å². The van der Waals surface area contributed by atoms with E-state index in [0.29, 0.717) is 19.2 Å². The number of nitrogens with zero attached hydrogens (tertiary/aromatic N) is 2. The number of hydrogen-bond acceptors (Lipinski definition) is 4. The normalized spacial score (nSPS) is 23.8. The molecule has 1 amide bonds. The van der Waals surface area contributed by atoms with Gasteiger partial charge in [0.1, 0.15) is 6.10 Å². The molecular weight excluding hydrogens is 313 g/mol. The van der Waals surface area contributed by atoms with Crippen molar-refractivity contribution in [3.63, 3.8) is 0 Å². The third-order valence-electron chi connectivity index (χ3n) is 4.20. The molecule has 1 atom stereocenters. The molecular formula is C14H29Cl2N3O2. The van der Waals surface area contributed by atoms with E-state index in [1.54, 1.807) is 0 Å². The zero-order valence-electron chi connectivity index (χ0n) is 13.0. The van der Waals surface area contributed by atoms with Crippen molar-refractivity contribution in [1.82, 2.24) is 15.1 Å². The first-order valence-corrected chi connectivity index (χ1v) is 7.53. The first kappa shape index (κ1) is 20.9. The summed E-state index contributed by atoms with van der Waals surface area (Å²) in [7, 11) is 1.93. The molecule has 2 rings (SSSR count). The van der Waals surface area contributed by atoms with Gasteiger partial charge in [0.25, 0.3) is 5.91 Å². The Labute approximate surface area is 140 Å². The molecule has 1 unspecified atom stereocenters. The highest BCUT2D eigenvalue weighted by atomic mass is 35.5. The number of hydrogen-bond donors (Lipinski definition) is 1. The molecule has 0 bridgehead atoms. The standard InChI is InChI=1S/C14H27N3O2.2ClH/c1-3-7-17-8-4-12(5-9-17)16(2)14(18)13-11-15-6-10-19-13;;/h12-13,15H,3-11H2,1-2H3;2*1H. The highest BCUT2D eigenvalue weighted by molar-refractivity contribution is 5.85. The van der Waals surface area contributed by atoms with Gasteiger partial charge in [-0.15, -0.1) is 24.8 Å². The molecule has 0 aromatic rings. The van der Waals surface area contributed by atoms with Gasteiger partial charge in [-0.2, -0.15) is 0 Å². The summed E-state index contributed by atoms with van der Waals surface area (Å²) >= 11 is 0. The molecule has 126 valence electrons. The predicted octanol–water partition coefficient (Wildman–Crippen LogP) is 1.15. The van der Waals surface area contributed by atoms with Crippen LogP contribution in [0, 0.1) is 0 Å². The average molecular weight is 342 g/mol. The van der Waals surface area contributed by atoms with Crippen LogP contribution < -0.4 is 5.32 Å². The van der Waals surface area contributed by atoms with Crippen LogP contribution in [0.5, 0.6) is 0 Å². The lowest BCUT2D eigenvalue weighted by molar-refractivity contribution is -0.146. The maximum atomic E-state index is 12.4. The van der Waals surface area contributed by atoms with Crippen molar-refractivity contribution in [2.45, 2.75) is 38.3 Å². The molecule has 0 aromatic carbocycles. The minimum Gasteiger partial charge on any atom is -0.366 e. The molecule has 21 heavy (non-hydrogen) atoms. The molecule has 2 saturated heterocycles. The van der Waals surface area contributed by atoms with Gasteiger partial charge in [-0.05, 0) is 25.8 Å². The second-order valence-electron chi connectivity index (χ2n) is 5.59. The van der Waals surface area contributed by atoms with Gasteiger partial charge in [-0.3, -0.25) is 4.79 Å². The lowest BCUT2D eigenvalue weighted by atomic mass is 10.0. The molecule has 5 nitrogen and oxygen atoms in total. The average Bonchev–Trinajstić information content (AvgIpc) is 2.48. The summed E-state index contributed by atoms with van der Waals surface area (Å²) in [6.45, 7) is 7.76. The third kappa shape index (κ3) is 5.91. The maximum Gasteiger partial charge on any atom is 0.253 e. The van der Waals surface area contributed by atoms with Gasteiger partial charge in [-0.25, -0.2) is 0 Å². The Morgan fingerprint density at radius 2 is 2.00 bits per heavy atom. The van der Waals surface area contributed by atoms with Crippen LogP contribution >= 0.6 is 24.8 Å². The van der Waals surface area contributed by atoms with Gasteiger partial charge in [0.05, 0.1) is 6.61 Å². The molecule has 2 aliphatic heterocycles. The molecule has 0 saturated carbocycles. The summed E-state index contributed by atoms with van der Waals surface area (Å²) in [5.41, 5.74) is 0. The van der Waals surface area contributed by atoms with Crippen molar-refractivity contribution in [2.75, 3.05) is 46.4 Å². The van der Waals surface area contributed by atoms with Crippen molar-refractivity contribution in [1.29, 1.82) is 0 Å². The lowest BCUT2D eigenvalue weighted by Gasteiger charge is -2.38. The topological polar surface area (TPSA) is 44.8 Å². The number of likely N-dealkylation sites (N-methyl/N-ethyl adjacent to an activating group) is 1. The summed E-state index contributed by atoms with van der Waals surface area (Å²) in [6.07, 6.45) is 3.10. The van der Waals surface area contributed by atoms with Crippen LogP contribution in [-0.4, -0.2) is 74.2 Å². The van der Waals surface area contributed by atoms with Gasteiger partial charge < -0.3 is 19.9 Å². The molecule has 7 heteroatoms. The van der Waals surface area contributed by atoms with Crippen LogP contribution in [0.15, 0.2) is 0 Å². The van der Waals surface area contributed by atoms with Crippen LogP contribution in [0.3, 0.4) is 0 Å². The fourth-order valence-corrected chi connectivity index (χ4v) is 2.98. The van der Waals surface area contributed by atoms with Crippen LogP contribution in [0.2, 0.25) is 0 Å². The minimum atomic E-state index is -0.285. The number of rotatable bonds is 4. The van der Waals surface area contributed by atoms with Crippen molar-refractivity contribution in [2.24, 2.45) is 0 Å². The molecule has 2 fully saturated rings. The number of likely N-dealkylation sites (tertiary alicyclic amines) is 1. The van der Waals surface area contributed by atoms with Crippen LogP contribution in [-0.2, 0) is 9.53 Å². The van der Waals surface area contributed by atoms with E-state index in [4.69, 9.17) is 4.74 Å². The van der Waals surface area contributed by atoms with Gasteiger partial charge in [0, 0.05) is 39.3 Å². The van der Waals surface area contributed by atoms with E-state index in [1.165, 1.54) is 13.0 Å². The monoisotopic (exact) mass is 341 g/mol. The molecule has 2 aliphatic rings. The second kappa shape index (κ2) is 10.6. The van der Waals surface area contributed by atoms with Crippen molar-refractivity contribution < 1.29 is 9.53 Å². The van der Waals surface area contributed by atoms with Crippen LogP contribution in [0.1, 0.15) is 26.2 Å². The number of nitrogens with one attached hydrogen (secondary N) is 1. The summed E-state index contributed by atoms with van der Waals surface area (Å²) in [5, 5.41) is 3.22. The Kier molecular flexibility index (Phi) is 10.6. The van der Waals surface area contributed by atoms with Gasteiger partial charge in [-0.1, -0.05) is 6.92 Å². The van der Waals surface area contributed by atoms with E-state index in [-0.39, 0.29) is 36.8 Å². The molecule has 0 spiro atoms. The second-order valence-corrected chi connectivity index (χ2v) is 5.59. The lowest BCUT2D eigenvalue weighted by Crippen LogP contribution is -2.53. The number of morpholine rings is 1. The molecule has 0 aromatic heterocycles. The first-order chi connectivity index (χ1) is 9.22. The summed E-state index contributed by atoms with van der Waals surface area (Å²) < 4.78 is 5.55. The largest absolute Gasteiger partial charge is 0.366 e. The minimum absolute atomic E-state index is 0. The van der Waals surface area contributed by atoms with Gasteiger partial charge in [0.2, 0.25) is 0 Å². The molecule has 2 heterocycles. The Morgan fingerprint density at radius 1 is 1.33 bits per heavy atom. The molecule has 0 radical (unpaired) electrons. The Hall–Kier alpha value is -0.0700. The Morgan fingerprint density at radius 3 is 2.52 bits per heavy atom. The summed E-state index contributed by atoms with van der Waals surface area (Å²) in [5.74, 6) is 0.140. The summed E-state index contributed by atoms with van der Waals surface area (Å²) in [6, 6.07) is 0.381. The highest BCUT2D eigenvalue weighted by Crippen LogP contribution is 2.17. The number of ether oxygens (including phenoxy) is 1. The van der Waals surface area contributed by atoms with E-state index in [9.17, 15) is 4.79 Å². The van der Waals surface area contributed by atoms with Crippen molar-refractivity contribution >= 4 is 30.7 Å². The van der Waals surface area contributed by atoms with Crippen LogP contribution in [0.4, 0.5) is 0 Å². The summed E-state index contributed by atoms with van der Waals surface area (Å²) in [4.78, 5) is 16.8. The molecule has 1 N–H and O–H groups in total. The van der Waals surface area contributed by atoms with E-state index in [2.05, 4.69) is 17.1 Å². The highest BCUT2D eigenvalue weighted by Gasteiger charge is 2.30. The number of carbonyl (C=O) groups excluding carboxylic acids is 1. The smallest absolute Gasteiger partial charge is 0.253 e. The predicted molar refractivity (Wildman–Crippen MR) is 89.6 cm³/mol. The number of carbonyl (C=O) groups is 1. The first-order valence-electron chi connectivity index (χ1n) is 7.53. The number of amides is 1. The van der Waals surface area contributed by atoms with E-state index >= 15 is 0 Å². The Balaban J connectivity index is 0.00000200. The zero-order valence-corrected chi connectivity index (χ0v) is 14.7. The maximum absolute atomic E-state index is 12.4. The van der Waals surface area contributed by atoms with E-state index in [1.807, 2.05) is 11.9 Å². The van der Waals surface area contributed by atoms with E-state index < -0.39 is 0 Å². The fourth-order valence-electron chi connectivity index (χ4n) is 2.98. The van der Waals surface area contributed by atoms with Gasteiger partial charge in [0.15, 0.2) is 0 Å². The SMILES string of the molecule is CCCN1CCC(N(C)C(=O)C2CNCCO2)CC1.Cl.Cl. The number of piperidine rings is 1. The zero-order chi connectivity index (χ0) is 13.7. The van der Waals surface area contributed by atoms with Crippen LogP contribution in [0.25, 0.3) is 0 Å². The molecule has 0 aliphatic carbocycles. The quantitative estimate of drug-likeness (QED) is 0.833. The van der Waals surface area contributed by atoms with Gasteiger partial charge >= 0.3 is 0 Å². The fraction of sp³-hybridized carbons (Fsp3) is 0.929. The Bertz CT molecular complexity index is 294.